The number of carbonyl (C=O) groups is 1. The molecule has 1 amide bonds. The molecule has 0 radical (unpaired) electrons. The van der Waals surface area contributed by atoms with Crippen LogP contribution in [0.5, 0.6) is 0 Å². The van der Waals surface area contributed by atoms with E-state index in [9.17, 15) is 4.79 Å². The fraction of sp³-hybridized carbons (Fsp3) is 0.545. The van der Waals surface area contributed by atoms with Crippen molar-refractivity contribution in [2.45, 2.75) is 38.8 Å². The highest BCUT2D eigenvalue weighted by atomic mass is 32.1. The van der Waals surface area contributed by atoms with Gasteiger partial charge in [-0.25, -0.2) is 0 Å². The quantitative estimate of drug-likeness (QED) is 0.825. The molecule has 84 valence electrons. The molecule has 0 spiro atoms. The summed E-state index contributed by atoms with van der Waals surface area (Å²) in [6.07, 6.45) is 0.349. The van der Waals surface area contributed by atoms with Crippen molar-refractivity contribution in [3.63, 3.8) is 0 Å². The first-order valence-electron chi connectivity index (χ1n) is 4.99. The van der Waals surface area contributed by atoms with Crippen LogP contribution in [0.2, 0.25) is 0 Å². The number of rotatable bonds is 4. The van der Waals surface area contributed by atoms with Crippen LogP contribution in [-0.4, -0.2) is 11.4 Å². The van der Waals surface area contributed by atoms with Gasteiger partial charge in [-0.15, -0.1) is 0 Å². The smallest absolute Gasteiger partial charge is 0.222 e. The summed E-state index contributed by atoms with van der Waals surface area (Å²) in [5.41, 5.74) is 6.47. The Morgan fingerprint density at radius 1 is 1.67 bits per heavy atom. The molecule has 1 aromatic rings. The summed E-state index contributed by atoms with van der Waals surface area (Å²) < 4.78 is 0. The molecule has 1 rings (SSSR count). The molecular weight excluding hydrogens is 208 g/mol. The van der Waals surface area contributed by atoms with Gasteiger partial charge in [0.15, 0.2) is 0 Å². The van der Waals surface area contributed by atoms with Crippen molar-refractivity contribution in [1.29, 1.82) is 0 Å². The molecule has 1 aromatic heterocycles. The van der Waals surface area contributed by atoms with Crippen LogP contribution in [0.1, 0.15) is 38.8 Å². The molecule has 15 heavy (non-hydrogen) atoms. The zero-order valence-corrected chi connectivity index (χ0v) is 10.2. The molecule has 0 fully saturated rings. The number of nitrogens with two attached hydrogens (primary N) is 1. The summed E-state index contributed by atoms with van der Waals surface area (Å²) in [5, 5.41) is 6.97. The highest BCUT2D eigenvalue weighted by molar-refractivity contribution is 7.07. The zero-order chi connectivity index (χ0) is 11.5. The van der Waals surface area contributed by atoms with Gasteiger partial charge >= 0.3 is 0 Å². The van der Waals surface area contributed by atoms with Crippen LogP contribution in [0.3, 0.4) is 0 Å². The molecule has 0 aliphatic carbocycles. The fourth-order valence-corrected chi connectivity index (χ4v) is 2.07. The number of thiophene rings is 1. The summed E-state index contributed by atoms with van der Waals surface area (Å²) in [4.78, 5) is 11.6. The van der Waals surface area contributed by atoms with E-state index in [1.807, 2.05) is 37.6 Å². The lowest BCUT2D eigenvalue weighted by Crippen LogP contribution is -2.39. The third-order valence-corrected chi connectivity index (χ3v) is 2.74. The van der Waals surface area contributed by atoms with E-state index in [-0.39, 0.29) is 11.9 Å². The van der Waals surface area contributed by atoms with Crippen LogP contribution in [0.15, 0.2) is 16.8 Å². The molecule has 3 N–H and O–H groups in total. The second-order valence-electron chi connectivity index (χ2n) is 4.51. The van der Waals surface area contributed by atoms with E-state index in [0.717, 1.165) is 5.56 Å². The number of hydrogen-bond acceptors (Lipinski definition) is 3. The van der Waals surface area contributed by atoms with Crippen molar-refractivity contribution in [3.05, 3.63) is 22.4 Å². The fourth-order valence-electron chi connectivity index (χ4n) is 1.31. The van der Waals surface area contributed by atoms with Crippen molar-refractivity contribution in [2.24, 2.45) is 5.73 Å². The van der Waals surface area contributed by atoms with E-state index < -0.39 is 5.54 Å². The van der Waals surface area contributed by atoms with Gasteiger partial charge in [-0.1, -0.05) is 0 Å². The van der Waals surface area contributed by atoms with Crippen molar-refractivity contribution in [1.82, 2.24) is 5.32 Å². The topological polar surface area (TPSA) is 55.1 Å². The molecule has 3 nitrogen and oxygen atoms in total. The van der Waals surface area contributed by atoms with E-state index in [4.69, 9.17) is 5.73 Å². The SMILES string of the molecule is CC(NC(=O)CC(C)(C)N)c1ccsc1. The lowest BCUT2D eigenvalue weighted by molar-refractivity contribution is -0.122. The minimum Gasteiger partial charge on any atom is -0.349 e. The summed E-state index contributed by atoms with van der Waals surface area (Å²) >= 11 is 1.63. The van der Waals surface area contributed by atoms with Crippen molar-refractivity contribution < 1.29 is 4.79 Å². The molecule has 0 aliphatic heterocycles. The van der Waals surface area contributed by atoms with Crippen molar-refractivity contribution in [3.8, 4) is 0 Å². The van der Waals surface area contributed by atoms with Crippen LogP contribution in [0.4, 0.5) is 0 Å². The van der Waals surface area contributed by atoms with Gasteiger partial charge in [-0.3, -0.25) is 4.79 Å². The first-order chi connectivity index (χ1) is 6.88. The number of nitrogens with one attached hydrogen (secondary N) is 1. The highest BCUT2D eigenvalue weighted by Crippen LogP contribution is 2.16. The standard InChI is InChI=1S/C11H18N2OS/c1-8(9-4-5-15-7-9)13-10(14)6-11(2,3)12/h4-5,7-8H,6,12H2,1-3H3,(H,13,14). The average Bonchev–Trinajstić information content (AvgIpc) is 2.50. The van der Waals surface area contributed by atoms with Crippen LogP contribution in [0.25, 0.3) is 0 Å². The maximum atomic E-state index is 11.6. The van der Waals surface area contributed by atoms with Crippen molar-refractivity contribution in [2.75, 3.05) is 0 Å². The molecule has 0 aliphatic rings. The third-order valence-electron chi connectivity index (χ3n) is 2.04. The normalized spacial score (nSPS) is 13.6. The Morgan fingerprint density at radius 3 is 2.80 bits per heavy atom. The largest absolute Gasteiger partial charge is 0.349 e. The average molecular weight is 226 g/mol. The van der Waals surface area contributed by atoms with E-state index in [0.29, 0.717) is 6.42 Å². The van der Waals surface area contributed by atoms with Crippen LogP contribution >= 0.6 is 11.3 Å². The third kappa shape index (κ3) is 4.44. The predicted molar refractivity (Wildman–Crippen MR) is 63.8 cm³/mol. The first kappa shape index (κ1) is 12.2. The zero-order valence-electron chi connectivity index (χ0n) is 9.41. The maximum absolute atomic E-state index is 11.6. The van der Waals surface area contributed by atoms with Gasteiger partial charge in [0, 0.05) is 12.0 Å². The molecule has 1 unspecified atom stereocenters. The van der Waals surface area contributed by atoms with Gasteiger partial charge in [0.25, 0.3) is 0 Å². The van der Waals surface area contributed by atoms with Gasteiger partial charge in [0.1, 0.15) is 0 Å². The second kappa shape index (κ2) is 4.77. The van der Waals surface area contributed by atoms with Gasteiger partial charge in [-0.05, 0) is 43.2 Å². The number of carbonyl (C=O) groups excluding carboxylic acids is 1. The van der Waals surface area contributed by atoms with Gasteiger partial charge in [-0.2, -0.15) is 11.3 Å². The number of amides is 1. The summed E-state index contributed by atoms with van der Waals surface area (Å²) in [5.74, 6) is 0.00111. The molecule has 4 heteroatoms. The van der Waals surface area contributed by atoms with E-state index in [2.05, 4.69) is 5.32 Å². The van der Waals surface area contributed by atoms with Crippen LogP contribution in [0, 0.1) is 0 Å². The molecular formula is C11H18N2OS. The van der Waals surface area contributed by atoms with Crippen LogP contribution < -0.4 is 11.1 Å². The summed E-state index contributed by atoms with van der Waals surface area (Å²) in [7, 11) is 0. The number of hydrogen-bond donors (Lipinski definition) is 2. The Labute approximate surface area is 94.7 Å². The Hall–Kier alpha value is -0.870. The summed E-state index contributed by atoms with van der Waals surface area (Å²) in [6.45, 7) is 5.67. The van der Waals surface area contributed by atoms with E-state index in [1.165, 1.54) is 0 Å². The minimum absolute atomic E-state index is 0.00111. The molecule has 1 heterocycles. The van der Waals surface area contributed by atoms with E-state index >= 15 is 0 Å². The lowest BCUT2D eigenvalue weighted by atomic mass is 10.0. The summed E-state index contributed by atoms with van der Waals surface area (Å²) in [6, 6.07) is 2.08. The molecule has 0 bridgehead atoms. The molecule has 0 saturated heterocycles. The van der Waals surface area contributed by atoms with Crippen LogP contribution in [-0.2, 0) is 4.79 Å². The van der Waals surface area contributed by atoms with Gasteiger partial charge < -0.3 is 11.1 Å². The second-order valence-corrected chi connectivity index (χ2v) is 5.29. The van der Waals surface area contributed by atoms with E-state index in [1.54, 1.807) is 11.3 Å². The first-order valence-corrected chi connectivity index (χ1v) is 5.93. The predicted octanol–water partition coefficient (Wildman–Crippen LogP) is 2.05. The Morgan fingerprint density at radius 2 is 2.33 bits per heavy atom. The Bertz CT molecular complexity index is 314. The monoisotopic (exact) mass is 226 g/mol. The van der Waals surface area contributed by atoms with Gasteiger partial charge in [0.05, 0.1) is 6.04 Å². The highest BCUT2D eigenvalue weighted by Gasteiger charge is 2.18. The lowest BCUT2D eigenvalue weighted by Gasteiger charge is -2.19. The maximum Gasteiger partial charge on any atom is 0.222 e. The Kier molecular flexibility index (Phi) is 3.88. The Balaban J connectivity index is 2.45. The molecule has 1 atom stereocenters. The molecule has 0 saturated carbocycles. The molecule has 0 aromatic carbocycles. The van der Waals surface area contributed by atoms with Gasteiger partial charge in [0.2, 0.25) is 5.91 Å². The minimum atomic E-state index is -0.446. The van der Waals surface area contributed by atoms with Crippen molar-refractivity contribution >= 4 is 17.2 Å².